The minimum Gasteiger partial charge on any atom is -0.481 e. The van der Waals surface area contributed by atoms with E-state index in [2.05, 4.69) is 5.32 Å². The van der Waals surface area contributed by atoms with Crippen molar-refractivity contribution in [2.24, 2.45) is 0 Å². The van der Waals surface area contributed by atoms with Crippen molar-refractivity contribution in [1.82, 2.24) is 5.32 Å². The molecule has 1 amide bonds. The Bertz CT molecular complexity index is 641. The van der Waals surface area contributed by atoms with Crippen LogP contribution in [0.15, 0.2) is 18.2 Å². The zero-order valence-corrected chi connectivity index (χ0v) is 13.5. The van der Waals surface area contributed by atoms with Gasteiger partial charge in [-0.15, -0.1) is 0 Å². The first-order valence-electron chi connectivity index (χ1n) is 7.94. The summed E-state index contributed by atoms with van der Waals surface area (Å²) in [5, 5.41) is 22.7. The first-order valence-corrected chi connectivity index (χ1v) is 7.94. The zero-order chi connectivity index (χ0) is 17.7. The van der Waals surface area contributed by atoms with Gasteiger partial charge in [0.2, 0.25) is 0 Å². The van der Waals surface area contributed by atoms with E-state index in [9.17, 15) is 19.7 Å². The Balaban J connectivity index is 2.12. The number of rotatable bonds is 7. The highest BCUT2D eigenvalue weighted by molar-refractivity contribution is 5.96. The normalized spacial score (nSPS) is 15.1. The maximum atomic E-state index is 12.2. The quantitative estimate of drug-likeness (QED) is 0.583. The summed E-state index contributed by atoms with van der Waals surface area (Å²) in [6.45, 7) is 3.26. The van der Waals surface area contributed by atoms with Gasteiger partial charge in [0.15, 0.2) is 0 Å². The number of hydrogen-bond donors (Lipinski definition) is 2. The van der Waals surface area contributed by atoms with Gasteiger partial charge in [-0.3, -0.25) is 19.7 Å². The summed E-state index contributed by atoms with van der Waals surface area (Å²) < 4.78 is 0. The second kappa shape index (κ2) is 7.76. The molecule has 0 radical (unpaired) electrons. The van der Waals surface area contributed by atoms with Crippen LogP contribution in [0, 0.1) is 10.1 Å². The zero-order valence-electron chi connectivity index (χ0n) is 13.5. The fraction of sp³-hybridized carbons (Fsp3) is 0.500. The van der Waals surface area contributed by atoms with Gasteiger partial charge in [-0.2, -0.15) is 0 Å². The fourth-order valence-corrected chi connectivity index (χ4v) is 2.76. The Kier molecular flexibility index (Phi) is 5.73. The van der Waals surface area contributed by atoms with Crippen LogP contribution in [0.1, 0.15) is 43.0 Å². The van der Waals surface area contributed by atoms with Crippen LogP contribution in [0.3, 0.4) is 0 Å². The molecule has 2 N–H and O–H groups in total. The van der Waals surface area contributed by atoms with E-state index in [1.807, 2.05) is 4.90 Å². The molecule has 0 spiro atoms. The SMILES string of the molecule is CC(CCC(=O)O)NC(=O)c1ccc(N2CCCC2)c([N+](=O)[O-])c1. The van der Waals surface area contributed by atoms with E-state index >= 15 is 0 Å². The summed E-state index contributed by atoms with van der Waals surface area (Å²) in [5.41, 5.74) is 0.655. The number of hydrogen-bond acceptors (Lipinski definition) is 5. The maximum Gasteiger partial charge on any atom is 0.303 e. The van der Waals surface area contributed by atoms with Crippen LogP contribution < -0.4 is 10.2 Å². The largest absolute Gasteiger partial charge is 0.481 e. The number of nitrogens with zero attached hydrogens (tertiary/aromatic N) is 2. The molecule has 0 saturated carbocycles. The average molecular weight is 335 g/mol. The molecule has 130 valence electrons. The third kappa shape index (κ3) is 4.43. The Morgan fingerprint density at radius 1 is 1.38 bits per heavy atom. The van der Waals surface area contributed by atoms with Gasteiger partial charge in [0.25, 0.3) is 11.6 Å². The molecule has 1 saturated heterocycles. The van der Waals surface area contributed by atoms with Crippen LogP contribution in [0.25, 0.3) is 0 Å². The molecule has 1 atom stereocenters. The minimum atomic E-state index is -0.929. The number of amides is 1. The molecule has 1 heterocycles. The highest BCUT2D eigenvalue weighted by Gasteiger charge is 2.24. The van der Waals surface area contributed by atoms with Crippen molar-refractivity contribution in [3.05, 3.63) is 33.9 Å². The third-order valence-corrected chi connectivity index (χ3v) is 4.05. The van der Waals surface area contributed by atoms with Crippen LogP contribution in [0.5, 0.6) is 0 Å². The first-order chi connectivity index (χ1) is 11.4. The second-order valence-electron chi connectivity index (χ2n) is 5.96. The van der Waals surface area contributed by atoms with Gasteiger partial charge >= 0.3 is 5.97 Å². The number of carbonyl (C=O) groups is 2. The summed E-state index contributed by atoms with van der Waals surface area (Å²) in [7, 11) is 0. The molecule has 0 aromatic heterocycles. The molecule has 8 heteroatoms. The predicted molar refractivity (Wildman–Crippen MR) is 88.3 cm³/mol. The highest BCUT2D eigenvalue weighted by Crippen LogP contribution is 2.31. The highest BCUT2D eigenvalue weighted by atomic mass is 16.6. The van der Waals surface area contributed by atoms with E-state index < -0.39 is 16.8 Å². The minimum absolute atomic E-state index is 0.0461. The Morgan fingerprint density at radius 2 is 2.04 bits per heavy atom. The van der Waals surface area contributed by atoms with Crippen molar-refractivity contribution in [3.8, 4) is 0 Å². The monoisotopic (exact) mass is 335 g/mol. The number of carboxylic acids is 1. The topological polar surface area (TPSA) is 113 Å². The van der Waals surface area contributed by atoms with E-state index in [1.165, 1.54) is 6.07 Å². The molecule has 1 aromatic carbocycles. The van der Waals surface area contributed by atoms with Gasteiger partial charge in [-0.05, 0) is 38.3 Å². The molecular weight excluding hydrogens is 314 g/mol. The van der Waals surface area contributed by atoms with E-state index in [0.29, 0.717) is 12.1 Å². The molecule has 1 fully saturated rings. The molecule has 0 aliphatic carbocycles. The molecule has 1 aliphatic rings. The molecule has 24 heavy (non-hydrogen) atoms. The number of nitrogens with one attached hydrogen (secondary N) is 1. The van der Waals surface area contributed by atoms with E-state index in [-0.39, 0.29) is 23.7 Å². The lowest BCUT2D eigenvalue weighted by Gasteiger charge is -2.18. The molecule has 0 bridgehead atoms. The molecule has 1 aliphatic heterocycles. The molecule has 1 aromatic rings. The van der Waals surface area contributed by atoms with Gasteiger partial charge < -0.3 is 15.3 Å². The number of anilines is 1. The summed E-state index contributed by atoms with van der Waals surface area (Å²) >= 11 is 0. The number of carboxylic acid groups (broad SMARTS) is 1. The third-order valence-electron chi connectivity index (χ3n) is 4.05. The van der Waals surface area contributed by atoms with Crippen LogP contribution in [-0.2, 0) is 4.79 Å². The van der Waals surface area contributed by atoms with Crippen molar-refractivity contribution >= 4 is 23.3 Å². The number of carbonyl (C=O) groups excluding carboxylic acids is 1. The first kappa shape index (κ1) is 17.7. The van der Waals surface area contributed by atoms with E-state index in [0.717, 1.165) is 25.9 Å². The summed E-state index contributed by atoms with van der Waals surface area (Å²) in [6.07, 6.45) is 2.26. The molecular formula is C16H21N3O5. The van der Waals surface area contributed by atoms with Crippen molar-refractivity contribution in [3.63, 3.8) is 0 Å². The number of aliphatic carboxylic acids is 1. The van der Waals surface area contributed by atoms with E-state index in [4.69, 9.17) is 5.11 Å². The lowest BCUT2D eigenvalue weighted by molar-refractivity contribution is -0.384. The van der Waals surface area contributed by atoms with Crippen molar-refractivity contribution < 1.29 is 19.6 Å². The molecule has 1 unspecified atom stereocenters. The predicted octanol–water partition coefficient (Wildman–Crippen LogP) is 2.18. The van der Waals surface area contributed by atoms with Gasteiger partial charge in [0, 0.05) is 37.2 Å². The van der Waals surface area contributed by atoms with Crippen LogP contribution in [0.2, 0.25) is 0 Å². The van der Waals surface area contributed by atoms with Gasteiger partial charge in [0.1, 0.15) is 5.69 Å². The van der Waals surface area contributed by atoms with Gasteiger partial charge in [0.05, 0.1) is 4.92 Å². The van der Waals surface area contributed by atoms with Crippen LogP contribution in [-0.4, -0.2) is 41.0 Å². The molecule has 2 rings (SSSR count). The van der Waals surface area contributed by atoms with Crippen LogP contribution >= 0.6 is 0 Å². The lowest BCUT2D eigenvalue weighted by atomic mass is 10.1. The van der Waals surface area contributed by atoms with E-state index in [1.54, 1.807) is 19.1 Å². The number of benzene rings is 1. The summed E-state index contributed by atoms with van der Waals surface area (Å²) in [6, 6.07) is 4.14. The summed E-state index contributed by atoms with van der Waals surface area (Å²) in [4.78, 5) is 35.6. The lowest BCUT2D eigenvalue weighted by Crippen LogP contribution is -2.33. The van der Waals surface area contributed by atoms with Crippen LogP contribution in [0.4, 0.5) is 11.4 Å². The maximum absolute atomic E-state index is 12.2. The number of nitro benzene ring substituents is 1. The fourth-order valence-electron chi connectivity index (χ4n) is 2.76. The van der Waals surface area contributed by atoms with Gasteiger partial charge in [-0.1, -0.05) is 0 Å². The smallest absolute Gasteiger partial charge is 0.303 e. The number of nitro groups is 1. The summed E-state index contributed by atoms with van der Waals surface area (Å²) in [5.74, 6) is -1.37. The van der Waals surface area contributed by atoms with Crippen molar-refractivity contribution in [2.45, 2.75) is 38.6 Å². The standard InChI is InChI=1S/C16H21N3O5/c1-11(4-7-15(20)21)17-16(22)12-5-6-13(14(10-12)19(23)24)18-8-2-3-9-18/h5-6,10-11H,2-4,7-9H2,1H3,(H,17,22)(H,20,21). The van der Waals surface area contributed by atoms with Crippen molar-refractivity contribution in [1.29, 1.82) is 0 Å². The Morgan fingerprint density at radius 3 is 2.62 bits per heavy atom. The average Bonchev–Trinajstić information content (AvgIpc) is 3.06. The Hall–Kier alpha value is -2.64. The second-order valence-corrected chi connectivity index (χ2v) is 5.96. The molecule has 8 nitrogen and oxygen atoms in total. The Labute approximate surface area is 139 Å². The van der Waals surface area contributed by atoms with Gasteiger partial charge in [-0.25, -0.2) is 0 Å². The van der Waals surface area contributed by atoms with Crippen molar-refractivity contribution in [2.75, 3.05) is 18.0 Å².